The first-order valence-corrected chi connectivity index (χ1v) is 8.56. The molecule has 0 aliphatic carbocycles. The predicted molar refractivity (Wildman–Crippen MR) is 81.4 cm³/mol. The molecule has 2 aliphatic heterocycles. The van der Waals surface area contributed by atoms with Crippen molar-refractivity contribution in [3.63, 3.8) is 0 Å². The van der Waals surface area contributed by atoms with Crippen molar-refractivity contribution in [2.24, 2.45) is 0 Å². The molecule has 2 fully saturated rings. The predicted octanol–water partition coefficient (Wildman–Crippen LogP) is 3.83. The van der Waals surface area contributed by atoms with Gasteiger partial charge in [0.1, 0.15) is 17.7 Å². The second-order valence-corrected chi connectivity index (χ2v) is 6.32. The van der Waals surface area contributed by atoms with Crippen molar-refractivity contribution in [2.45, 2.75) is 42.7 Å². The first-order valence-electron chi connectivity index (χ1n) is 7.43. The number of halogens is 2. The number of hydrogen-bond acceptors (Lipinski definition) is 3. The van der Waals surface area contributed by atoms with Crippen LogP contribution in [0.3, 0.4) is 0 Å². The zero-order valence-electron chi connectivity index (χ0n) is 11.9. The first kappa shape index (κ1) is 15.3. The van der Waals surface area contributed by atoms with Gasteiger partial charge in [0.2, 0.25) is 0 Å². The van der Waals surface area contributed by atoms with E-state index in [0.29, 0.717) is 5.33 Å². The van der Waals surface area contributed by atoms with Crippen LogP contribution in [0, 0.1) is 5.82 Å². The minimum absolute atomic E-state index is 0.0875. The van der Waals surface area contributed by atoms with Crippen LogP contribution in [0.4, 0.5) is 4.39 Å². The number of hydrogen-bond donors (Lipinski definition) is 0. The molecule has 3 nitrogen and oxygen atoms in total. The Bertz CT molecular complexity index is 483. The molecule has 1 spiro atoms. The number of ether oxygens (including phenoxy) is 3. The maximum absolute atomic E-state index is 13.3. The summed E-state index contributed by atoms with van der Waals surface area (Å²) in [4.78, 5) is 0. The summed E-state index contributed by atoms with van der Waals surface area (Å²) in [6, 6.07) is 4.69. The molecule has 116 valence electrons. The van der Waals surface area contributed by atoms with Gasteiger partial charge in [-0.3, -0.25) is 0 Å². The molecule has 1 unspecified atom stereocenters. The van der Waals surface area contributed by atoms with Gasteiger partial charge >= 0.3 is 0 Å². The Labute approximate surface area is 132 Å². The Morgan fingerprint density at radius 1 is 1.29 bits per heavy atom. The van der Waals surface area contributed by atoms with Gasteiger partial charge in [-0.05, 0) is 31.0 Å². The van der Waals surface area contributed by atoms with E-state index in [2.05, 4.69) is 15.9 Å². The molecule has 5 heteroatoms. The first-order chi connectivity index (χ1) is 10.2. The van der Waals surface area contributed by atoms with Gasteiger partial charge in [0, 0.05) is 36.9 Å². The van der Waals surface area contributed by atoms with Crippen LogP contribution in [0.25, 0.3) is 0 Å². The number of benzene rings is 1. The SMILES string of the molecule is Fc1ccc(OC2CCOC3(CCOCC3)C2)c(CBr)c1. The summed E-state index contributed by atoms with van der Waals surface area (Å²) >= 11 is 3.39. The van der Waals surface area contributed by atoms with Gasteiger partial charge in [0.05, 0.1) is 12.2 Å². The highest BCUT2D eigenvalue weighted by Crippen LogP contribution is 2.36. The van der Waals surface area contributed by atoms with Gasteiger partial charge in [0.15, 0.2) is 0 Å². The molecule has 0 N–H and O–H groups in total. The molecule has 1 atom stereocenters. The van der Waals surface area contributed by atoms with Crippen LogP contribution in [-0.4, -0.2) is 31.5 Å². The molecule has 21 heavy (non-hydrogen) atoms. The van der Waals surface area contributed by atoms with Crippen LogP contribution in [0.1, 0.15) is 31.2 Å². The van der Waals surface area contributed by atoms with Gasteiger partial charge in [-0.15, -0.1) is 0 Å². The molecule has 0 amide bonds. The minimum atomic E-state index is -0.232. The van der Waals surface area contributed by atoms with Crippen molar-refractivity contribution in [3.05, 3.63) is 29.6 Å². The summed E-state index contributed by atoms with van der Waals surface area (Å²) in [5.74, 6) is 0.534. The van der Waals surface area contributed by atoms with Crippen molar-refractivity contribution in [2.75, 3.05) is 19.8 Å². The molecule has 0 radical (unpaired) electrons. The van der Waals surface area contributed by atoms with Crippen LogP contribution in [0.5, 0.6) is 5.75 Å². The van der Waals surface area contributed by atoms with Crippen LogP contribution >= 0.6 is 15.9 Å². The Balaban J connectivity index is 1.70. The van der Waals surface area contributed by atoms with E-state index in [1.165, 1.54) is 12.1 Å². The third-order valence-electron chi connectivity index (χ3n) is 4.31. The normalized spacial score (nSPS) is 25.0. The van der Waals surface area contributed by atoms with Crippen LogP contribution < -0.4 is 4.74 Å². The summed E-state index contributed by atoms with van der Waals surface area (Å²) in [5, 5.41) is 0.586. The fourth-order valence-electron chi connectivity index (χ4n) is 3.12. The summed E-state index contributed by atoms with van der Waals surface area (Å²) < 4.78 is 30.9. The van der Waals surface area contributed by atoms with E-state index < -0.39 is 0 Å². The van der Waals surface area contributed by atoms with Gasteiger partial charge in [-0.25, -0.2) is 4.39 Å². The molecule has 0 aromatic heterocycles. The lowest BCUT2D eigenvalue weighted by Gasteiger charge is -2.43. The zero-order chi connectivity index (χ0) is 14.7. The number of rotatable bonds is 3. The highest BCUT2D eigenvalue weighted by molar-refractivity contribution is 9.08. The molecule has 0 saturated carbocycles. The minimum Gasteiger partial charge on any atom is -0.490 e. The van der Waals surface area contributed by atoms with Crippen molar-refractivity contribution in [1.29, 1.82) is 0 Å². The van der Waals surface area contributed by atoms with E-state index in [-0.39, 0.29) is 17.5 Å². The maximum Gasteiger partial charge on any atom is 0.123 e. The quantitative estimate of drug-likeness (QED) is 0.768. The van der Waals surface area contributed by atoms with Gasteiger partial charge < -0.3 is 14.2 Å². The zero-order valence-corrected chi connectivity index (χ0v) is 13.5. The topological polar surface area (TPSA) is 27.7 Å². The van der Waals surface area contributed by atoms with Crippen molar-refractivity contribution in [1.82, 2.24) is 0 Å². The van der Waals surface area contributed by atoms with Gasteiger partial charge in [0.25, 0.3) is 0 Å². The molecular formula is C16H20BrFO3. The second kappa shape index (κ2) is 6.63. The van der Waals surface area contributed by atoms with Crippen molar-refractivity contribution in [3.8, 4) is 5.75 Å². The van der Waals surface area contributed by atoms with E-state index in [1.54, 1.807) is 6.07 Å². The van der Waals surface area contributed by atoms with Crippen LogP contribution in [0.15, 0.2) is 18.2 Å². The molecule has 2 heterocycles. The Morgan fingerprint density at radius 2 is 2.10 bits per heavy atom. The fraction of sp³-hybridized carbons (Fsp3) is 0.625. The standard InChI is InChI=1S/C16H20BrFO3/c17-11-12-9-13(18)1-2-15(12)21-14-3-6-20-16(10-14)4-7-19-8-5-16/h1-2,9,14H,3-8,10-11H2. The average Bonchev–Trinajstić information content (AvgIpc) is 2.50. The second-order valence-electron chi connectivity index (χ2n) is 5.76. The van der Waals surface area contributed by atoms with Crippen molar-refractivity contribution < 1.29 is 18.6 Å². The van der Waals surface area contributed by atoms with Crippen molar-refractivity contribution >= 4 is 15.9 Å². The number of alkyl halides is 1. The van der Waals surface area contributed by atoms with E-state index in [4.69, 9.17) is 14.2 Å². The summed E-state index contributed by atoms with van der Waals surface area (Å²) in [5.41, 5.74) is 0.762. The molecular weight excluding hydrogens is 339 g/mol. The van der Waals surface area contributed by atoms with Crippen LogP contribution in [0.2, 0.25) is 0 Å². The maximum atomic E-state index is 13.3. The smallest absolute Gasteiger partial charge is 0.123 e. The van der Waals surface area contributed by atoms with E-state index in [1.807, 2.05) is 0 Å². The molecule has 0 bridgehead atoms. The van der Waals surface area contributed by atoms with E-state index in [9.17, 15) is 4.39 Å². The van der Waals surface area contributed by atoms with Gasteiger partial charge in [-0.1, -0.05) is 15.9 Å². The molecule has 1 aromatic carbocycles. The highest BCUT2D eigenvalue weighted by atomic mass is 79.9. The van der Waals surface area contributed by atoms with E-state index >= 15 is 0 Å². The largest absolute Gasteiger partial charge is 0.490 e. The molecule has 2 saturated heterocycles. The van der Waals surface area contributed by atoms with Crippen LogP contribution in [-0.2, 0) is 14.8 Å². The monoisotopic (exact) mass is 358 g/mol. The lowest BCUT2D eigenvalue weighted by Crippen LogP contribution is -2.47. The lowest BCUT2D eigenvalue weighted by atomic mass is 9.85. The third-order valence-corrected chi connectivity index (χ3v) is 4.92. The van der Waals surface area contributed by atoms with Gasteiger partial charge in [-0.2, -0.15) is 0 Å². The Hall–Kier alpha value is -0.650. The Morgan fingerprint density at radius 3 is 2.86 bits per heavy atom. The molecule has 2 aliphatic rings. The van der Waals surface area contributed by atoms with E-state index in [0.717, 1.165) is 56.8 Å². The lowest BCUT2D eigenvalue weighted by molar-refractivity contribution is -0.155. The third kappa shape index (κ3) is 3.58. The molecule has 3 rings (SSSR count). The summed E-state index contributed by atoms with van der Waals surface area (Å²) in [6.45, 7) is 2.24. The summed E-state index contributed by atoms with van der Waals surface area (Å²) in [7, 11) is 0. The Kier molecular flexibility index (Phi) is 4.82. The summed E-state index contributed by atoms with van der Waals surface area (Å²) in [6.07, 6.45) is 3.75. The fourth-order valence-corrected chi connectivity index (χ4v) is 3.56. The highest BCUT2D eigenvalue weighted by Gasteiger charge is 2.40. The molecule has 1 aromatic rings. The average molecular weight is 359 g/mol.